The number of alkyl carbamates (subject to hydrolysis) is 1. The first kappa shape index (κ1) is 44.6. The number of ether oxygens (including phenoxy) is 2. The number of aromatic hydroxyl groups is 1. The van der Waals surface area contributed by atoms with Crippen molar-refractivity contribution in [2.75, 3.05) is 0 Å². The first-order valence-corrected chi connectivity index (χ1v) is 20.2. The van der Waals surface area contributed by atoms with Gasteiger partial charge in [0.15, 0.2) is 5.78 Å². The maximum Gasteiger partial charge on any atom is 0.494 e. The van der Waals surface area contributed by atoms with Gasteiger partial charge in [0, 0.05) is 25.2 Å². The topological polar surface area (TPSA) is 149 Å². The number of hydrogen-bond donors (Lipinski definition) is 3. The number of benzene rings is 4. The molecule has 1 saturated heterocycles. The molecule has 5 rings (SSSR count). The number of Topliss-reactive ketones (excluding diaryl/α,β-unsaturated/α-hetero) is 1. The van der Waals surface area contributed by atoms with Crippen molar-refractivity contribution in [3.05, 3.63) is 131 Å². The van der Waals surface area contributed by atoms with Crippen LogP contribution in [0.25, 0.3) is 0 Å². The Morgan fingerprint density at radius 2 is 1.27 bits per heavy atom. The third-order valence-corrected chi connectivity index (χ3v) is 10.6. The van der Waals surface area contributed by atoms with E-state index in [0.29, 0.717) is 12.0 Å². The van der Waals surface area contributed by atoms with E-state index < -0.39 is 65.7 Å². The van der Waals surface area contributed by atoms with Crippen molar-refractivity contribution in [2.45, 2.75) is 116 Å². The maximum absolute atomic E-state index is 14.5. The predicted molar refractivity (Wildman–Crippen MR) is 227 cm³/mol. The average Bonchev–Trinajstić information content (AvgIpc) is 3.40. The lowest BCUT2D eigenvalue weighted by Gasteiger charge is -2.32. The van der Waals surface area contributed by atoms with Gasteiger partial charge < -0.3 is 34.5 Å². The summed E-state index contributed by atoms with van der Waals surface area (Å²) < 4.78 is 23.9. The lowest BCUT2D eigenvalue weighted by Crippen LogP contribution is -2.48. The summed E-state index contributed by atoms with van der Waals surface area (Å²) in [5, 5.41) is 15.8. The summed E-state index contributed by atoms with van der Waals surface area (Å²) >= 11 is 0. The van der Waals surface area contributed by atoms with Crippen LogP contribution in [0.5, 0.6) is 5.75 Å². The Kier molecular flexibility index (Phi) is 14.8. The van der Waals surface area contributed by atoms with Crippen molar-refractivity contribution in [1.29, 1.82) is 0 Å². The van der Waals surface area contributed by atoms with Crippen LogP contribution >= 0.6 is 0 Å². The third-order valence-electron chi connectivity index (χ3n) is 10.6. The molecule has 1 aliphatic rings. The van der Waals surface area contributed by atoms with Crippen LogP contribution in [-0.4, -0.2) is 64.9 Å². The van der Waals surface area contributed by atoms with Gasteiger partial charge in [0.2, 0.25) is 5.91 Å². The van der Waals surface area contributed by atoms with Gasteiger partial charge in [-0.15, -0.1) is 0 Å². The van der Waals surface area contributed by atoms with Crippen molar-refractivity contribution in [3.63, 3.8) is 0 Å². The van der Waals surface area contributed by atoms with E-state index in [-0.39, 0.29) is 38.0 Å². The molecular weight excluding hydrogens is 747 g/mol. The first-order chi connectivity index (χ1) is 27.9. The van der Waals surface area contributed by atoms with Gasteiger partial charge in [0.05, 0.1) is 17.2 Å². The van der Waals surface area contributed by atoms with Crippen LogP contribution in [0.2, 0.25) is 0 Å². The van der Waals surface area contributed by atoms with E-state index in [1.807, 2.05) is 113 Å². The number of nitrogens with one attached hydrogen (secondary N) is 2. The minimum atomic E-state index is -1.11. The van der Waals surface area contributed by atoms with Gasteiger partial charge in [0.25, 0.3) is 0 Å². The van der Waals surface area contributed by atoms with E-state index in [9.17, 15) is 24.3 Å². The van der Waals surface area contributed by atoms with Crippen LogP contribution in [-0.2, 0) is 59.0 Å². The number of carbonyl (C=O) groups is 4. The quantitative estimate of drug-likeness (QED) is 0.0774. The Labute approximate surface area is 348 Å². The molecule has 4 aromatic rings. The van der Waals surface area contributed by atoms with Crippen molar-refractivity contribution in [2.24, 2.45) is 5.92 Å². The zero-order chi connectivity index (χ0) is 42.8. The molecule has 1 aliphatic heterocycles. The monoisotopic (exact) mass is 804 g/mol. The minimum Gasteiger partial charge on any atom is -0.508 e. The molecule has 4 aromatic carbocycles. The molecule has 1 fully saturated rings. The van der Waals surface area contributed by atoms with Crippen molar-refractivity contribution < 1.29 is 43.1 Å². The number of rotatable bonds is 17. The number of carbonyl (C=O) groups excluding carboxylic acids is 4. The van der Waals surface area contributed by atoms with Crippen LogP contribution in [0, 0.1) is 5.92 Å². The molecule has 59 heavy (non-hydrogen) atoms. The van der Waals surface area contributed by atoms with Crippen molar-refractivity contribution in [3.8, 4) is 5.75 Å². The molecule has 0 spiro atoms. The number of hydrogen-bond acceptors (Lipinski definition) is 9. The Hall–Kier alpha value is -5.46. The van der Waals surface area contributed by atoms with Gasteiger partial charge in [-0.05, 0) is 101 Å². The molecule has 2 amide bonds. The third kappa shape index (κ3) is 13.3. The van der Waals surface area contributed by atoms with E-state index in [1.165, 1.54) is 12.1 Å². The first-order valence-electron chi connectivity index (χ1n) is 20.2. The number of ketones is 1. The Bertz CT molecular complexity index is 2030. The van der Waals surface area contributed by atoms with E-state index >= 15 is 0 Å². The fraction of sp³-hybridized carbons (Fsp3) is 0.404. The number of aryl methyl sites for hydroxylation is 1. The fourth-order valence-electron chi connectivity index (χ4n) is 6.70. The van der Waals surface area contributed by atoms with Gasteiger partial charge in [-0.2, -0.15) is 0 Å². The summed E-state index contributed by atoms with van der Waals surface area (Å²) in [5.74, 6) is -2.44. The summed E-state index contributed by atoms with van der Waals surface area (Å²) in [6.07, 6.45) is -0.149. The second kappa shape index (κ2) is 19.5. The van der Waals surface area contributed by atoms with E-state index in [1.54, 1.807) is 32.9 Å². The molecule has 11 nitrogen and oxygen atoms in total. The molecule has 0 radical (unpaired) electrons. The van der Waals surface area contributed by atoms with E-state index in [0.717, 1.165) is 22.2 Å². The van der Waals surface area contributed by atoms with Gasteiger partial charge in [-0.1, -0.05) is 97.1 Å². The standard InChI is InChI=1S/C47H57BN2O9/c1-45(2,3)57-44(55)50-39(28-35-21-15-23-38(51)27-35)41(52)30-36(25-24-32-16-10-8-11-17-32)42(53)49-40(43(54)56-31-33-18-12-9-13-19-33)29-34-20-14-22-37(26-34)48-58-46(4,5)47(6,7)59-48/h8-23,26-27,36,39-40,51H,24-25,28-31H2,1-7H3,(H,49,53)(H,50,55)/t36-,39+,40+/m1/s1. The SMILES string of the molecule is CC(C)(C)OC(=O)N[C@@H](Cc1cccc(O)c1)C(=O)C[C@@H](CCc1ccccc1)C(=O)N[C@@H](Cc1cccc(B2OC(C)(C)C(C)(C)O2)c1)C(=O)OCc1ccccc1. The summed E-state index contributed by atoms with van der Waals surface area (Å²) in [6, 6.07) is 30.6. The number of phenolic OH excluding ortho intramolecular Hbond substituents is 1. The van der Waals surface area contributed by atoms with E-state index in [2.05, 4.69) is 10.6 Å². The van der Waals surface area contributed by atoms with Gasteiger partial charge in [-0.25, -0.2) is 9.59 Å². The van der Waals surface area contributed by atoms with Crippen LogP contribution in [0.1, 0.15) is 83.6 Å². The highest BCUT2D eigenvalue weighted by molar-refractivity contribution is 6.62. The van der Waals surface area contributed by atoms with Gasteiger partial charge in [0.1, 0.15) is 24.0 Å². The number of phenols is 1. The highest BCUT2D eigenvalue weighted by atomic mass is 16.7. The zero-order valence-corrected chi connectivity index (χ0v) is 35.2. The summed E-state index contributed by atoms with van der Waals surface area (Å²) in [4.78, 5) is 55.7. The normalized spacial score (nSPS) is 16.0. The lowest BCUT2D eigenvalue weighted by molar-refractivity contribution is -0.149. The van der Waals surface area contributed by atoms with Gasteiger partial charge >= 0.3 is 19.2 Å². The fourth-order valence-corrected chi connectivity index (χ4v) is 6.70. The van der Waals surface area contributed by atoms with Crippen LogP contribution in [0.4, 0.5) is 4.79 Å². The lowest BCUT2D eigenvalue weighted by atomic mass is 9.78. The molecular formula is C47H57BN2O9. The summed E-state index contributed by atoms with van der Waals surface area (Å²) in [7, 11) is -0.631. The molecule has 0 unspecified atom stereocenters. The molecule has 0 aromatic heterocycles. The Morgan fingerprint density at radius 1 is 0.712 bits per heavy atom. The molecule has 3 N–H and O–H groups in total. The maximum atomic E-state index is 14.5. The number of amides is 2. The molecule has 0 saturated carbocycles. The minimum absolute atomic E-state index is 0.00296. The van der Waals surface area contributed by atoms with Gasteiger partial charge in [-0.3, -0.25) is 9.59 Å². The average molecular weight is 805 g/mol. The molecule has 0 aliphatic carbocycles. The summed E-state index contributed by atoms with van der Waals surface area (Å²) in [6.45, 7) is 13.1. The molecule has 312 valence electrons. The zero-order valence-electron chi connectivity index (χ0n) is 35.2. The summed E-state index contributed by atoms with van der Waals surface area (Å²) in [5.41, 5.74) is 1.94. The second-order valence-electron chi connectivity index (χ2n) is 17.2. The van der Waals surface area contributed by atoms with E-state index in [4.69, 9.17) is 18.8 Å². The van der Waals surface area contributed by atoms with Crippen LogP contribution in [0.15, 0.2) is 109 Å². The molecule has 1 heterocycles. The largest absolute Gasteiger partial charge is 0.508 e. The number of esters is 1. The van der Waals surface area contributed by atoms with Crippen LogP contribution in [0.3, 0.4) is 0 Å². The molecule has 0 bridgehead atoms. The Morgan fingerprint density at radius 3 is 1.88 bits per heavy atom. The smallest absolute Gasteiger partial charge is 0.494 e. The Balaban J connectivity index is 1.41. The highest BCUT2D eigenvalue weighted by Gasteiger charge is 2.51. The predicted octanol–water partition coefficient (Wildman–Crippen LogP) is 6.81. The molecule has 3 atom stereocenters. The molecule has 12 heteroatoms. The van der Waals surface area contributed by atoms with Crippen molar-refractivity contribution in [1.82, 2.24) is 10.6 Å². The highest BCUT2D eigenvalue weighted by Crippen LogP contribution is 2.36. The van der Waals surface area contributed by atoms with Crippen molar-refractivity contribution >= 4 is 36.3 Å². The second-order valence-corrected chi connectivity index (χ2v) is 17.2. The van der Waals surface area contributed by atoms with Crippen LogP contribution < -0.4 is 16.1 Å².